The summed E-state index contributed by atoms with van der Waals surface area (Å²) in [5, 5.41) is 6.41. The quantitative estimate of drug-likeness (QED) is 0.888. The van der Waals surface area contributed by atoms with Crippen molar-refractivity contribution in [2.75, 3.05) is 13.7 Å². The summed E-state index contributed by atoms with van der Waals surface area (Å²) < 4.78 is 5.14. The molecule has 1 saturated heterocycles. The van der Waals surface area contributed by atoms with E-state index in [1.807, 2.05) is 31.2 Å². The third-order valence-electron chi connectivity index (χ3n) is 3.85. The summed E-state index contributed by atoms with van der Waals surface area (Å²) in [6, 6.07) is 7.79. The van der Waals surface area contributed by atoms with Crippen molar-refractivity contribution >= 4 is 5.91 Å². The van der Waals surface area contributed by atoms with E-state index >= 15 is 0 Å². The average molecular weight is 276 g/mol. The highest BCUT2D eigenvalue weighted by Crippen LogP contribution is 2.18. The van der Waals surface area contributed by atoms with Crippen LogP contribution in [-0.4, -0.2) is 25.6 Å². The maximum absolute atomic E-state index is 12.3. The van der Waals surface area contributed by atoms with Gasteiger partial charge in [-0.15, -0.1) is 0 Å². The van der Waals surface area contributed by atoms with E-state index in [1.165, 1.54) is 6.42 Å². The molecule has 1 aliphatic heterocycles. The van der Waals surface area contributed by atoms with Gasteiger partial charge in [0, 0.05) is 0 Å². The Hall–Kier alpha value is -1.55. The summed E-state index contributed by atoms with van der Waals surface area (Å²) >= 11 is 0. The number of rotatable bonds is 4. The zero-order valence-corrected chi connectivity index (χ0v) is 12.3. The minimum absolute atomic E-state index is 0.0125. The standard InChI is InChI=1S/C16H24N2O2/c1-12(13-7-9-14(20-2)10-8-13)18-16(19)15-6-4-3-5-11-17-15/h7-10,12,15,17H,3-6,11H2,1-2H3,(H,18,19)/t12-,15?/m1/s1. The maximum Gasteiger partial charge on any atom is 0.237 e. The van der Waals surface area contributed by atoms with Gasteiger partial charge in [0.15, 0.2) is 0 Å². The van der Waals surface area contributed by atoms with Crippen LogP contribution in [0.4, 0.5) is 0 Å². The Morgan fingerprint density at radius 1 is 1.30 bits per heavy atom. The molecular formula is C16H24N2O2. The SMILES string of the molecule is COc1ccc([C@@H](C)NC(=O)C2CCCCCN2)cc1. The molecule has 0 bridgehead atoms. The van der Waals surface area contributed by atoms with Crippen molar-refractivity contribution in [2.45, 2.75) is 44.7 Å². The molecule has 0 saturated carbocycles. The molecule has 110 valence electrons. The molecular weight excluding hydrogens is 252 g/mol. The second kappa shape index (κ2) is 7.29. The molecule has 4 heteroatoms. The molecule has 1 amide bonds. The predicted octanol–water partition coefficient (Wildman–Crippen LogP) is 2.40. The minimum atomic E-state index is -0.0433. The van der Waals surface area contributed by atoms with Gasteiger partial charge in [-0.1, -0.05) is 25.0 Å². The summed E-state index contributed by atoms with van der Waals surface area (Å²) in [7, 11) is 1.65. The lowest BCUT2D eigenvalue weighted by molar-refractivity contribution is -0.123. The molecule has 0 aromatic heterocycles. The Balaban J connectivity index is 1.91. The van der Waals surface area contributed by atoms with Gasteiger partial charge >= 0.3 is 0 Å². The van der Waals surface area contributed by atoms with Crippen LogP contribution in [0.5, 0.6) is 5.75 Å². The molecule has 1 aliphatic rings. The van der Waals surface area contributed by atoms with Crippen LogP contribution < -0.4 is 15.4 Å². The van der Waals surface area contributed by atoms with Crippen LogP contribution in [0.15, 0.2) is 24.3 Å². The van der Waals surface area contributed by atoms with Gasteiger partial charge in [0.25, 0.3) is 0 Å². The van der Waals surface area contributed by atoms with Crippen molar-refractivity contribution in [3.8, 4) is 5.75 Å². The minimum Gasteiger partial charge on any atom is -0.497 e. The van der Waals surface area contributed by atoms with Crippen molar-refractivity contribution in [3.05, 3.63) is 29.8 Å². The van der Waals surface area contributed by atoms with E-state index < -0.39 is 0 Å². The van der Waals surface area contributed by atoms with Gasteiger partial charge in [-0.25, -0.2) is 0 Å². The zero-order chi connectivity index (χ0) is 14.4. The van der Waals surface area contributed by atoms with Crippen molar-refractivity contribution in [1.29, 1.82) is 0 Å². The van der Waals surface area contributed by atoms with E-state index in [0.29, 0.717) is 0 Å². The first-order valence-corrected chi connectivity index (χ1v) is 7.38. The van der Waals surface area contributed by atoms with Crippen molar-refractivity contribution in [1.82, 2.24) is 10.6 Å². The first-order valence-electron chi connectivity index (χ1n) is 7.38. The van der Waals surface area contributed by atoms with E-state index in [0.717, 1.165) is 37.1 Å². The number of ether oxygens (including phenoxy) is 1. The molecule has 1 aromatic rings. The largest absolute Gasteiger partial charge is 0.497 e. The van der Waals surface area contributed by atoms with Crippen molar-refractivity contribution in [2.24, 2.45) is 0 Å². The van der Waals surface area contributed by atoms with Gasteiger partial charge in [-0.3, -0.25) is 4.79 Å². The highest BCUT2D eigenvalue weighted by atomic mass is 16.5. The number of nitrogens with one attached hydrogen (secondary N) is 2. The molecule has 20 heavy (non-hydrogen) atoms. The predicted molar refractivity (Wildman–Crippen MR) is 79.8 cm³/mol. The number of carbonyl (C=O) groups excluding carboxylic acids is 1. The van der Waals surface area contributed by atoms with E-state index in [1.54, 1.807) is 7.11 Å². The van der Waals surface area contributed by atoms with E-state index in [-0.39, 0.29) is 18.0 Å². The summed E-state index contributed by atoms with van der Waals surface area (Å²) in [5.41, 5.74) is 1.09. The molecule has 0 radical (unpaired) electrons. The number of carbonyl (C=O) groups is 1. The van der Waals surface area contributed by atoms with E-state index in [4.69, 9.17) is 4.74 Å². The number of hydrogen-bond donors (Lipinski definition) is 2. The molecule has 1 heterocycles. The monoisotopic (exact) mass is 276 g/mol. The molecule has 1 fully saturated rings. The lowest BCUT2D eigenvalue weighted by Crippen LogP contribution is -2.44. The Kier molecular flexibility index (Phi) is 5.41. The number of amides is 1. The average Bonchev–Trinajstić information content (AvgIpc) is 2.76. The molecule has 1 aromatic carbocycles. The Morgan fingerprint density at radius 2 is 2.05 bits per heavy atom. The van der Waals surface area contributed by atoms with Crippen molar-refractivity contribution in [3.63, 3.8) is 0 Å². The summed E-state index contributed by atoms with van der Waals surface area (Å²) in [4.78, 5) is 12.3. The van der Waals surface area contributed by atoms with Crippen LogP contribution in [-0.2, 0) is 4.79 Å². The molecule has 4 nitrogen and oxygen atoms in total. The normalized spacial score (nSPS) is 20.8. The summed E-state index contributed by atoms with van der Waals surface area (Å²) in [6.45, 7) is 2.95. The van der Waals surface area contributed by atoms with Crippen LogP contribution in [0.1, 0.15) is 44.2 Å². The molecule has 2 atom stereocenters. The maximum atomic E-state index is 12.3. The van der Waals surface area contributed by atoms with E-state index in [9.17, 15) is 4.79 Å². The molecule has 1 unspecified atom stereocenters. The molecule has 2 N–H and O–H groups in total. The Labute approximate surface area is 120 Å². The fourth-order valence-corrected chi connectivity index (χ4v) is 2.54. The molecule has 2 rings (SSSR count). The molecule has 0 spiro atoms. The first kappa shape index (κ1) is 14.9. The number of benzene rings is 1. The zero-order valence-electron chi connectivity index (χ0n) is 12.3. The fourth-order valence-electron chi connectivity index (χ4n) is 2.54. The van der Waals surface area contributed by atoms with Gasteiger partial charge in [-0.2, -0.15) is 0 Å². The molecule has 0 aliphatic carbocycles. The number of hydrogen-bond acceptors (Lipinski definition) is 3. The fraction of sp³-hybridized carbons (Fsp3) is 0.562. The summed E-state index contributed by atoms with van der Waals surface area (Å²) in [6.07, 6.45) is 4.44. The summed E-state index contributed by atoms with van der Waals surface area (Å²) in [5.74, 6) is 0.938. The highest BCUT2D eigenvalue weighted by molar-refractivity contribution is 5.82. The van der Waals surface area contributed by atoms with Gasteiger partial charge in [-0.05, 0) is 44.0 Å². The second-order valence-corrected chi connectivity index (χ2v) is 5.36. The van der Waals surface area contributed by atoms with Gasteiger partial charge in [0.1, 0.15) is 5.75 Å². The van der Waals surface area contributed by atoms with Crippen LogP contribution in [0.2, 0.25) is 0 Å². The van der Waals surface area contributed by atoms with Gasteiger partial charge in [0.05, 0.1) is 19.2 Å². The number of methoxy groups -OCH3 is 1. The van der Waals surface area contributed by atoms with E-state index in [2.05, 4.69) is 10.6 Å². The third-order valence-corrected chi connectivity index (χ3v) is 3.85. The van der Waals surface area contributed by atoms with Crippen LogP contribution in [0, 0.1) is 0 Å². The Bertz CT molecular complexity index is 423. The Morgan fingerprint density at radius 3 is 2.75 bits per heavy atom. The van der Waals surface area contributed by atoms with Crippen LogP contribution >= 0.6 is 0 Å². The third kappa shape index (κ3) is 3.97. The lowest BCUT2D eigenvalue weighted by Gasteiger charge is -2.20. The first-order chi connectivity index (χ1) is 9.70. The van der Waals surface area contributed by atoms with Gasteiger partial charge in [0.2, 0.25) is 5.91 Å². The van der Waals surface area contributed by atoms with Crippen LogP contribution in [0.25, 0.3) is 0 Å². The topological polar surface area (TPSA) is 50.4 Å². The van der Waals surface area contributed by atoms with Crippen molar-refractivity contribution < 1.29 is 9.53 Å². The highest BCUT2D eigenvalue weighted by Gasteiger charge is 2.21. The van der Waals surface area contributed by atoms with Gasteiger partial charge < -0.3 is 15.4 Å². The lowest BCUT2D eigenvalue weighted by atomic mass is 10.1. The second-order valence-electron chi connectivity index (χ2n) is 5.36. The smallest absolute Gasteiger partial charge is 0.237 e. The van der Waals surface area contributed by atoms with Crippen LogP contribution in [0.3, 0.4) is 0 Å².